The van der Waals surface area contributed by atoms with Crippen LogP contribution in [0.5, 0.6) is 0 Å². The van der Waals surface area contributed by atoms with Gasteiger partial charge in [0, 0.05) is 19.8 Å². The largest absolute Gasteiger partial charge is 0.477 e. The van der Waals surface area contributed by atoms with Crippen molar-refractivity contribution < 1.29 is 104 Å². The molecule has 0 bridgehead atoms. The van der Waals surface area contributed by atoms with E-state index in [1.165, 1.54) is 193 Å². The molecule has 0 aliphatic carbocycles. The van der Waals surface area contributed by atoms with Gasteiger partial charge >= 0.3 is 5.97 Å². The molecule has 3 heterocycles. The molecule has 3 aliphatic rings. The van der Waals surface area contributed by atoms with Crippen molar-refractivity contribution in [1.82, 2.24) is 10.6 Å². The smallest absolute Gasteiger partial charge is 0.364 e. The number of nitrogens with one attached hydrogen (secondary N) is 2. The van der Waals surface area contributed by atoms with Crippen molar-refractivity contribution in [1.29, 1.82) is 0 Å². The van der Waals surface area contributed by atoms with E-state index in [4.69, 9.17) is 28.4 Å². The van der Waals surface area contributed by atoms with Crippen molar-refractivity contribution in [2.75, 3.05) is 26.4 Å². The summed E-state index contributed by atoms with van der Waals surface area (Å²) in [4.78, 5) is 38.6. The number of hydrogen-bond acceptors (Lipinski definition) is 20. The molecule has 23 nitrogen and oxygen atoms in total. The Hall–Kier alpha value is -2.79. The third-order valence-corrected chi connectivity index (χ3v) is 19.4. The molecular formula is C74H136N2O21. The maximum absolute atomic E-state index is 13.5. The van der Waals surface area contributed by atoms with E-state index in [0.29, 0.717) is 12.8 Å². The van der Waals surface area contributed by atoms with Crippen molar-refractivity contribution in [2.45, 2.75) is 400 Å². The molecule has 18 atom stereocenters. The third kappa shape index (κ3) is 35.3. The molecule has 0 aromatic heterocycles. The number of ether oxygens (including phenoxy) is 6. The Kier molecular flexibility index (Phi) is 49.2. The summed E-state index contributed by atoms with van der Waals surface area (Å²) in [5.74, 6) is -6.14. The van der Waals surface area contributed by atoms with E-state index in [9.17, 15) is 75.7 Å². The maximum atomic E-state index is 13.5. The van der Waals surface area contributed by atoms with E-state index in [0.717, 1.165) is 58.3 Å². The average Bonchev–Trinajstić information content (AvgIpc) is 0.763. The second-order valence-corrected chi connectivity index (χ2v) is 27.9. The van der Waals surface area contributed by atoms with Crippen LogP contribution in [0.25, 0.3) is 0 Å². The maximum Gasteiger partial charge on any atom is 0.364 e. The molecule has 23 heteroatoms. The number of aliphatic hydroxyl groups excluding tert-OH is 11. The predicted molar refractivity (Wildman–Crippen MR) is 371 cm³/mol. The van der Waals surface area contributed by atoms with Crippen LogP contribution in [-0.4, -0.2) is 215 Å². The average molecular weight is 1390 g/mol. The summed E-state index contributed by atoms with van der Waals surface area (Å²) in [6.07, 6.45) is 27.9. The van der Waals surface area contributed by atoms with Gasteiger partial charge in [0.05, 0.1) is 50.7 Å². The van der Waals surface area contributed by atoms with Crippen LogP contribution >= 0.6 is 0 Å². The Morgan fingerprint density at radius 2 is 0.969 bits per heavy atom. The fraction of sp³-hybridized carbons (Fsp3) is 0.905. The van der Waals surface area contributed by atoms with Gasteiger partial charge in [-0.15, -0.1) is 0 Å². The van der Waals surface area contributed by atoms with Crippen LogP contribution in [0.1, 0.15) is 290 Å². The van der Waals surface area contributed by atoms with Gasteiger partial charge in [0.25, 0.3) is 5.79 Å². The monoisotopic (exact) mass is 1390 g/mol. The molecule has 0 spiro atoms. The molecule has 0 radical (unpaired) electrons. The van der Waals surface area contributed by atoms with Gasteiger partial charge in [-0.05, 0) is 44.9 Å². The first-order valence-electron chi connectivity index (χ1n) is 38.2. The van der Waals surface area contributed by atoms with Gasteiger partial charge in [-0.25, -0.2) is 4.79 Å². The van der Waals surface area contributed by atoms with Crippen molar-refractivity contribution in [3.05, 3.63) is 24.3 Å². The van der Waals surface area contributed by atoms with Gasteiger partial charge in [-0.2, -0.15) is 0 Å². The number of aliphatic carboxylic acids is 1. The summed E-state index contributed by atoms with van der Waals surface area (Å²) < 4.78 is 34.9. The summed E-state index contributed by atoms with van der Waals surface area (Å²) in [5.41, 5.74) is 0. The van der Waals surface area contributed by atoms with E-state index in [-0.39, 0.29) is 12.3 Å². The number of aliphatic hydroxyl groups is 11. The Bertz CT molecular complexity index is 2040. The molecule has 97 heavy (non-hydrogen) atoms. The molecule has 0 aromatic rings. The zero-order valence-corrected chi connectivity index (χ0v) is 59.7. The van der Waals surface area contributed by atoms with E-state index in [2.05, 4.69) is 36.6 Å². The Labute approximate surface area is 581 Å². The SMILES string of the molecule is CCCCCCCCCCCCCC/C=C\CCCCCCCCCCCCC(=O)NC(COC1OC(CO)C(OC2OC(CO)C(O)C(OC3(C(=O)O)CC(O)C(NC(C)=O)C(C(O)C(O)CO)O3)C2O)C(O)C1O)C(O)/C=C/CCCCCCCCCCCCCCCCC. The highest BCUT2D eigenvalue weighted by Crippen LogP contribution is 2.39. The van der Waals surface area contributed by atoms with Crippen LogP contribution in [0.2, 0.25) is 0 Å². The number of hydrogen-bond donors (Lipinski definition) is 14. The fourth-order valence-corrected chi connectivity index (χ4v) is 13.3. The third-order valence-electron chi connectivity index (χ3n) is 19.4. The summed E-state index contributed by atoms with van der Waals surface area (Å²) in [7, 11) is 0. The number of rotatable bonds is 59. The van der Waals surface area contributed by atoms with Crippen molar-refractivity contribution in [3.63, 3.8) is 0 Å². The first kappa shape index (κ1) is 88.4. The Morgan fingerprint density at radius 3 is 1.40 bits per heavy atom. The summed E-state index contributed by atoms with van der Waals surface area (Å²) in [5, 5.41) is 136. The molecule has 3 fully saturated rings. The van der Waals surface area contributed by atoms with Crippen molar-refractivity contribution >= 4 is 17.8 Å². The number of allylic oxidation sites excluding steroid dienone is 3. The summed E-state index contributed by atoms with van der Waals surface area (Å²) >= 11 is 0. The zero-order chi connectivity index (χ0) is 71.1. The van der Waals surface area contributed by atoms with Crippen molar-refractivity contribution in [3.8, 4) is 0 Å². The van der Waals surface area contributed by atoms with Crippen LogP contribution in [0.4, 0.5) is 0 Å². The fourth-order valence-electron chi connectivity index (χ4n) is 13.3. The lowest BCUT2D eigenvalue weighted by Gasteiger charge is -2.50. The molecule has 18 unspecified atom stereocenters. The lowest BCUT2D eigenvalue weighted by molar-refractivity contribution is -0.386. The summed E-state index contributed by atoms with van der Waals surface area (Å²) in [6.45, 7) is 2.17. The van der Waals surface area contributed by atoms with E-state index in [1.54, 1.807) is 6.08 Å². The van der Waals surface area contributed by atoms with Gasteiger partial charge in [-0.1, -0.05) is 250 Å². The van der Waals surface area contributed by atoms with E-state index >= 15 is 0 Å². The second-order valence-electron chi connectivity index (χ2n) is 27.9. The van der Waals surface area contributed by atoms with Gasteiger partial charge in [0.2, 0.25) is 11.8 Å². The molecule has 14 N–H and O–H groups in total. The highest BCUT2D eigenvalue weighted by Gasteiger charge is 2.60. The first-order chi connectivity index (χ1) is 46.9. The Morgan fingerprint density at radius 1 is 0.536 bits per heavy atom. The van der Waals surface area contributed by atoms with Crippen LogP contribution in [0.3, 0.4) is 0 Å². The van der Waals surface area contributed by atoms with E-state index < -0.39 is 155 Å². The van der Waals surface area contributed by atoms with Gasteiger partial charge in [0.15, 0.2) is 12.6 Å². The van der Waals surface area contributed by atoms with Gasteiger partial charge < -0.3 is 100 Å². The lowest BCUT2D eigenvalue weighted by atomic mass is 9.88. The predicted octanol–water partition coefficient (Wildman–Crippen LogP) is 8.79. The Balaban J connectivity index is 1.54. The van der Waals surface area contributed by atoms with Crippen LogP contribution in [0, 0.1) is 0 Å². The van der Waals surface area contributed by atoms with Crippen LogP contribution in [-0.2, 0) is 42.8 Å². The van der Waals surface area contributed by atoms with Gasteiger partial charge in [-0.3, -0.25) is 9.59 Å². The molecule has 568 valence electrons. The number of carboxylic acid groups (broad SMARTS) is 1. The van der Waals surface area contributed by atoms with Gasteiger partial charge in [0.1, 0.15) is 67.1 Å². The number of carboxylic acids is 1. The molecule has 3 aliphatic heterocycles. The molecule has 0 saturated carbocycles. The molecule has 2 amide bonds. The molecule has 3 rings (SSSR count). The number of amides is 2. The first-order valence-corrected chi connectivity index (χ1v) is 38.2. The number of unbranched alkanes of at least 4 members (excludes halogenated alkanes) is 37. The molecule has 0 aromatic carbocycles. The minimum absolute atomic E-state index is 0.200. The molecule has 3 saturated heterocycles. The van der Waals surface area contributed by atoms with E-state index in [1.807, 2.05) is 6.08 Å². The quantitative estimate of drug-likeness (QED) is 0.0200. The lowest BCUT2D eigenvalue weighted by Crippen LogP contribution is -2.70. The highest BCUT2D eigenvalue weighted by molar-refractivity contribution is 5.77. The van der Waals surface area contributed by atoms with Crippen LogP contribution in [0.15, 0.2) is 24.3 Å². The topological polar surface area (TPSA) is 373 Å². The summed E-state index contributed by atoms with van der Waals surface area (Å²) in [6, 6.07) is -2.62. The number of carbonyl (C=O) groups excluding carboxylic acids is 2. The standard InChI is InChI=1S/C74H136N2O21/c1-4-6-8-10-12-14-16-18-20-22-23-24-25-26-27-28-29-30-32-34-36-38-40-42-44-46-48-61(84)76-55(56(81)47-45-43-41-39-37-35-33-31-21-19-17-15-13-11-9-7-5-2)53-92-71-66(88)65(87)68(60(52-79)94-71)95-72-67(89)70(64(86)59(51-78)93-72)97-74(73(90)91)49-57(82)62(75-54(3)80)69(96-74)63(85)58(83)50-77/h26-27,45,47,55-60,62-72,77-79,81-83,85-89H,4-25,28-44,46,48-53H2,1-3H3,(H,75,80)(H,76,84)(H,90,91)/b27-26-,47-45+. The zero-order valence-electron chi connectivity index (χ0n) is 59.7. The van der Waals surface area contributed by atoms with Crippen LogP contribution < -0.4 is 10.6 Å². The minimum atomic E-state index is -3.08. The normalized spacial score (nSPS) is 27.5. The highest BCUT2D eigenvalue weighted by atomic mass is 16.8. The molecular weight excluding hydrogens is 1250 g/mol. The second kappa shape index (κ2) is 53.9. The number of carbonyl (C=O) groups is 3. The van der Waals surface area contributed by atoms with Crippen molar-refractivity contribution in [2.24, 2.45) is 0 Å². The minimum Gasteiger partial charge on any atom is -0.477 e.